The molecule has 33 heavy (non-hydrogen) atoms. The third-order valence-corrected chi connectivity index (χ3v) is 5.06. The molecule has 0 saturated heterocycles. The number of unbranched alkanes of at least 4 members (excludes halogenated alkanes) is 1. The summed E-state index contributed by atoms with van der Waals surface area (Å²) in [4.78, 5) is 24.6. The van der Waals surface area contributed by atoms with Gasteiger partial charge in [0.2, 0.25) is 0 Å². The maximum Gasteiger partial charge on any atom is 0.338 e. The number of benzene rings is 2. The summed E-state index contributed by atoms with van der Waals surface area (Å²) in [5.41, 5.74) is 3.74. The molecule has 2 aromatic carbocycles. The van der Waals surface area contributed by atoms with Crippen LogP contribution in [-0.4, -0.2) is 18.5 Å². The lowest BCUT2D eigenvalue weighted by Crippen LogP contribution is -2.14. The minimum absolute atomic E-state index is 0.0676. The van der Waals surface area contributed by atoms with E-state index in [1.807, 2.05) is 45.0 Å². The molecule has 0 aliphatic carbocycles. The van der Waals surface area contributed by atoms with Gasteiger partial charge in [-0.15, -0.1) is 0 Å². The predicted molar refractivity (Wildman–Crippen MR) is 127 cm³/mol. The number of aryl methyl sites for hydroxylation is 2. The maximum absolute atomic E-state index is 12.6. The Labute approximate surface area is 193 Å². The van der Waals surface area contributed by atoms with Crippen LogP contribution in [0, 0.1) is 25.2 Å². The minimum atomic E-state index is -0.505. The van der Waals surface area contributed by atoms with Crippen LogP contribution >= 0.6 is 0 Å². The van der Waals surface area contributed by atoms with E-state index >= 15 is 0 Å². The van der Waals surface area contributed by atoms with E-state index in [0.717, 1.165) is 29.5 Å². The van der Waals surface area contributed by atoms with Crippen LogP contribution in [0.25, 0.3) is 17.4 Å². The van der Waals surface area contributed by atoms with Gasteiger partial charge in [0.1, 0.15) is 23.2 Å². The van der Waals surface area contributed by atoms with Crippen molar-refractivity contribution in [3.63, 3.8) is 0 Å². The molecule has 6 nitrogen and oxygen atoms in total. The largest absolute Gasteiger partial charge is 0.462 e. The lowest BCUT2D eigenvalue weighted by atomic mass is 10.1. The molecule has 0 aliphatic heterocycles. The molecule has 1 amide bonds. The fraction of sp³-hybridized carbons (Fsp3) is 0.222. The molecule has 3 rings (SSSR count). The number of nitriles is 1. The molecule has 0 unspecified atom stereocenters. The van der Waals surface area contributed by atoms with E-state index in [1.165, 1.54) is 6.08 Å². The van der Waals surface area contributed by atoms with Gasteiger partial charge in [-0.1, -0.05) is 37.6 Å². The van der Waals surface area contributed by atoms with E-state index in [4.69, 9.17) is 9.15 Å². The minimum Gasteiger partial charge on any atom is -0.462 e. The molecule has 0 atom stereocenters. The molecule has 1 N–H and O–H groups in total. The topological polar surface area (TPSA) is 92.3 Å². The second-order valence-electron chi connectivity index (χ2n) is 7.71. The van der Waals surface area contributed by atoms with Crippen molar-refractivity contribution in [3.8, 4) is 17.4 Å². The van der Waals surface area contributed by atoms with Gasteiger partial charge in [-0.25, -0.2) is 4.79 Å². The number of rotatable bonds is 8. The van der Waals surface area contributed by atoms with Gasteiger partial charge < -0.3 is 14.5 Å². The normalized spacial score (nSPS) is 11.0. The number of carbonyl (C=O) groups is 2. The zero-order chi connectivity index (χ0) is 23.8. The summed E-state index contributed by atoms with van der Waals surface area (Å²) in [5.74, 6) is 0.0711. The van der Waals surface area contributed by atoms with Crippen LogP contribution in [0.1, 0.15) is 47.0 Å². The van der Waals surface area contributed by atoms with E-state index < -0.39 is 5.91 Å². The van der Waals surface area contributed by atoms with Crippen molar-refractivity contribution in [2.24, 2.45) is 0 Å². The van der Waals surface area contributed by atoms with Crippen molar-refractivity contribution >= 4 is 23.6 Å². The Morgan fingerprint density at radius 1 is 1.09 bits per heavy atom. The number of ether oxygens (including phenoxy) is 1. The first-order valence-electron chi connectivity index (χ1n) is 10.8. The zero-order valence-electron chi connectivity index (χ0n) is 19.0. The Hall–Kier alpha value is -4.11. The Morgan fingerprint density at radius 3 is 2.55 bits per heavy atom. The van der Waals surface area contributed by atoms with Crippen molar-refractivity contribution in [1.29, 1.82) is 5.26 Å². The zero-order valence-corrected chi connectivity index (χ0v) is 19.0. The Bertz CT molecular complexity index is 1210. The summed E-state index contributed by atoms with van der Waals surface area (Å²) in [5, 5.41) is 12.3. The van der Waals surface area contributed by atoms with Gasteiger partial charge in [-0.3, -0.25) is 4.79 Å². The number of hydrogen-bond donors (Lipinski definition) is 1. The molecular formula is C27H26N2O4. The number of esters is 1. The number of nitrogens with one attached hydrogen (secondary N) is 1. The van der Waals surface area contributed by atoms with Crippen LogP contribution in [0.15, 0.2) is 64.6 Å². The lowest BCUT2D eigenvalue weighted by Gasteiger charge is -2.08. The number of hydrogen-bond acceptors (Lipinski definition) is 5. The molecule has 0 saturated carbocycles. The first-order chi connectivity index (χ1) is 15.9. The highest BCUT2D eigenvalue weighted by molar-refractivity contribution is 6.09. The second kappa shape index (κ2) is 11.0. The van der Waals surface area contributed by atoms with Crippen molar-refractivity contribution in [2.45, 2.75) is 33.6 Å². The highest BCUT2D eigenvalue weighted by atomic mass is 16.5. The van der Waals surface area contributed by atoms with Gasteiger partial charge in [-0.2, -0.15) is 5.26 Å². The van der Waals surface area contributed by atoms with E-state index in [0.29, 0.717) is 29.4 Å². The SMILES string of the molecule is CCCCOC(=O)c1ccc(-c2ccc(/C=C(\C#N)C(=O)Nc3cc(C)ccc3C)o2)cc1. The van der Waals surface area contributed by atoms with Crippen LogP contribution in [0.3, 0.4) is 0 Å². The second-order valence-corrected chi connectivity index (χ2v) is 7.71. The Kier molecular flexibility index (Phi) is 7.82. The number of furan rings is 1. The summed E-state index contributed by atoms with van der Waals surface area (Å²) in [6, 6.07) is 18.0. The molecule has 1 aromatic heterocycles. The highest BCUT2D eigenvalue weighted by Gasteiger charge is 2.13. The smallest absolute Gasteiger partial charge is 0.338 e. The van der Waals surface area contributed by atoms with Crippen molar-refractivity contribution < 1.29 is 18.7 Å². The quantitative estimate of drug-likeness (QED) is 0.198. The van der Waals surface area contributed by atoms with Crippen LogP contribution in [-0.2, 0) is 9.53 Å². The van der Waals surface area contributed by atoms with Crippen LogP contribution < -0.4 is 5.32 Å². The number of nitrogens with zero attached hydrogens (tertiary/aromatic N) is 1. The third kappa shape index (κ3) is 6.20. The standard InChI is InChI=1S/C27H26N2O4/c1-4-5-14-32-27(31)21-10-8-20(9-11-21)25-13-12-23(33-25)16-22(17-28)26(30)29-24-15-18(2)6-7-19(24)3/h6-13,15-16H,4-5,14H2,1-3H3,(H,29,30)/b22-16+. The number of anilines is 1. The van der Waals surface area contributed by atoms with Crippen LogP contribution in [0.5, 0.6) is 0 Å². The fourth-order valence-corrected chi connectivity index (χ4v) is 3.10. The van der Waals surface area contributed by atoms with Gasteiger partial charge in [0.15, 0.2) is 0 Å². The summed E-state index contributed by atoms with van der Waals surface area (Å²) in [6.45, 7) is 6.26. The lowest BCUT2D eigenvalue weighted by molar-refractivity contribution is -0.112. The van der Waals surface area contributed by atoms with Gasteiger partial charge in [-0.05, 0) is 61.7 Å². The van der Waals surface area contributed by atoms with Crippen LogP contribution in [0.2, 0.25) is 0 Å². The third-order valence-electron chi connectivity index (χ3n) is 5.06. The van der Waals surface area contributed by atoms with Crippen molar-refractivity contribution in [3.05, 3.63) is 82.6 Å². The number of carbonyl (C=O) groups excluding carboxylic acids is 2. The summed E-state index contributed by atoms with van der Waals surface area (Å²) in [7, 11) is 0. The highest BCUT2D eigenvalue weighted by Crippen LogP contribution is 2.24. The molecule has 0 aliphatic rings. The predicted octanol–water partition coefficient (Wildman–Crippen LogP) is 6.07. The summed E-state index contributed by atoms with van der Waals surface area (Å²) < 4.78 is 11.0. The van der Waals surface area contributed by atoms with E-state index in [9.17, 15) is 14.9 Å². The average Bonchev–Trinajstić information content (AvgIpc) is 3.28. The molecular weight excluding hydrogens is 416 g/mol. The van der Waals surface area contributed by atoms with Crippen molar-refractivity contribution in [1.82, 2.24) is 0 Å². The molecule has 0 bridgehead atoms. The fourth-order valence-electron chi connectivity index (χ4n) is 3.10. The average molecular weight is 443 g/mol. The molecule has 6 heteroatoms. The summed E-state index contributed by atoms with van der Waals surface area (Å²) in [6.07, 6.45) is 3.20. The van der Waals surface area contributed by atoms with Gasteiger partial charge in [0, 0.05) is 17.3 Å². The molecule has 0 radical (unpaired) electrons. The Morgan fingerprint density at radius 2 is 1.85 bits per heavy atom. The van der Waals surface area contributed by atoms with Gasteiger partial charge in [0.25, 0.3) is 5.91 Å². The van der Waals surface area contributed by atoms with Crippen LogP contribution in [0.4, 0.5) is 5.69 Å². The van der Waals surface area contributed by atoms with E-state index in [1.54, 1.807) is 36.4 Å². The van der Waals surface area contributed by atoms with E-state index in [-0.39, 0.29) is 11.5 Å². The summed E-state index contributed by atoms with van der Waals surface area (Å²) >= 11 is 0. The van der Waals surface area contributed by atoms with Crippen molar-refractivity contribution in [2.75, 3.05) is 11.9 Å². The molecule has 1 heterocycles. The maximum atomic E-state index is 12.6. The first kappa shape index (κ1) is 23.6. The molecule has 0 fully saturated rings. The monoisotopic (exact) mass is 442 g/mol. The van der Waals surface area contributed by atoms with Gasteiger partial charge in [0.05, 0.1) is 12.2 Å². The Balaban J connectivity index is 1.72. The number of amides is 1. The molecule has 3 aromatic rings. The van der Waals surface area contributed by atoms with E-state index in [2.05, 4.69) is 5.32 Å². The first-order valence-corrected chi connectivity index (χ1v) is 10.8. The molecule has 0 spiro atoms. The van der Waals surface area contributed by atoms with Gasteiger partial charge >= 0.3 is 5.97 Å². The molecule has 168 valence electrons.